The minimum absolute atomic E-state index is 0.123. The maximum atomic E-state index is 12.0. The van der Waals surface area contributed by atoms with Gasteiger partial charge in [-0.2, -0.15) is 4.57 Å². The van der Waals surface area contributed by atoms with Crippen LogP contribution < -0.4 is 4.57 Å². The zero-order valence-corrected chi connectivity index (χ0v) is 12.7. The highest BCUT2D eigenvalue weighted by Crippen LogP contribution is 2.28. The van der Waals surface area contributed by atoms with E-state index in [1.807, 2.05) is 18.2 Å². The Balaban J connectivity index is 2.73. The summed E-state index contributed by atoms with van der Waals surface area (Å²) in [5, 5.41) is 11.4. The number of hydrogen-bond acceptors (Lipinski definition) is 4. The normalized spacial score (nSPS) is 10.3. The van der Waals surface area contributed by atoms with Crippen molar-refractivity contribution in [2.24, 2.45) is 7.05 Å². The summed E-state index contributed by atoms with van der Waals surface area (Å²) in [6.45, 7) is 3.65. The van der Waals surface area contributed by atoms with Crippen LogP contribution in [0.2, 0.25) is 0 Å². The van der Waals surface area contributed by atoms with Crippen LogP contribution in [0.25, 0.3) is 11.3 Å². The highest BCUT2D eigenvalue weighted by Gasteiger charge is 2.31. The Morgan fingerprint density at radius 1 is 1.32 bits per heavy atom. The maximum absolute atomic E-state index is 12.0. The van der Waals surface area contributed by atoms with E-state index in [9.17, 15) is 14.9 Å². The number of ether oxygens (including phenoxy) is 1. The van der Waals surface area contributed by atoms with Gasteiger partial charge in [0.05, 0.1) is 17.1 Å². The van der Waals surface area contributed by atoms with Gasteiger partial charge in [0.25, 0.3) is 5.69 Å². The Hall–Kier alpha value is -2.76. The first-order valence-corrected chi connectivity index (χ1v) is 6.88. The lowest BCUT2D eigenvalue weighted by Crippen LogP contribution is -2.37. The molecule has 0 amide bonds. The number of carbonyl (C=O) groups excluding carboxylic acids is 1. The Morgan fingerprint density at radius 3 is 2.50 bits per heavy atom. The zero-order chi connectivity index (χ0) is 16.3. The molecule has 0 spiro atoms. The van der Waals surface area contributed by atoms with Crippen molar-refractivity contribution in [3.63, 3.8) is 0 Å². The fraction of sp³-hybridized carbons (Fsp3) is 0.250. The second-order valence-corrected chi connectivity index (χ2v) is 4.78. The quantitative estimate of drug-likeness (QED) is 0.376. The van der Waals surface area contributed by atoms with Crippen molar-refractivity contribution < 1.29 is 19.0 Å². The number of nitrogens with zero attached hydrogens (tertiary/aromatic N) is 2. The SMILES string of the molecule is CCOC(=O)c1cc([N+](=O)[O-])c(-c2ccccc2)[n+](C)c1C. The lowest BCUT2D eigenvalue weighted by atomic mass is 10.1. The molecule has 0 saturated heterocycles. The summed E-state index contributed by atoms with van der Waals surface area (Å²) in [5.74, 6) is -0.557. The number of nitro groups is 1. The molecule has 6 nitrogen and oxygen atoms in total. The summed E-state index contributed by atoms with van der Waals surface area (Å²) >= 11 is 0. The highest BCUT2D eigenvalue weighted by molar-refractivity contribution is 5.91. The van der Waals surface area contributed by atoms with Crippen LogP contribution in [-0.4, -0.2) is 17.5 Å². The topological polar surface area (TPSA) is 73.3 Å². The predicted molar refractivity (Wildman–Crippen MR) is 80.4 cm³/mol. The number of carbonyl (C=O) groups is 1. The number of pyridine rings is 1. The van der Waals surface area contributed by atoms with Gasteiger partial charge in [-0.05, 0) is 19.1 Å². The fourth-order valence-electron chi connectivity index (χ4n) is 2.32. The summed E-state index contributed by atoms with van der Waals surface area (Å²) < 4.78 is 6.62. The molecule has 0 bridgehead atoms. The van der Waals surface area contributed by atoms with E-state index in [2.05, 4.69) is 0 Å². The third-order valence-electron chi connectivity index (χ3n) is 3.49. The Labute approximate surface area is 128 Å². The molecule has 1 aromatic heterocycles. The molecule has 0 saturated carbocycles. The van der Waals surface area contributed by atoms with Crippen molar-refractivity contribution in [3.05, 3.63) is 57.8 Å². The largest absolute Gasteiger partial charge is 0.462 e. The molecular weight excluding hydrogens is 284 g/mol. The van der Waals surface area contributed by atoms with E-state index in [0.717, 1.165) is 5.56 Å². The molecule has 0 aliphatic heterocycles. The zero-order valence-electron chi connectivity index (χ0n) is 12.7. The summed E-state index contributed by atoms with van der Waals surface area (Å²) in [4.78, 5) is 22.9. The van der Waals surface area contributed by atoms with Crippen LogP contribution in [0.4, 0.5) is 5.69 Å². The molecule has 0 radical (unpaired) electrons. The Kier molecular flexibility index (Phi) is 4.50. The summed E-state index contributed by atoms with van der Waals surface area (Å²) in [6, 6.07) is 10.4. The average molecular weight is 301 g/mol. The summed E-state index contributed by atoms with van der Waals surface area (Å²) in [6.07, 6.45) is 0. The van der Waals surface area contributed by atoms with Crippen molar-refractivity contribution in [2.45, 2.75) is 13.8 Å². The van der Waals surface area contributed by atoms with Gasteiger partial charge in [0.2, 0.25) is 0 Å². The van der Waals surface area contributed by atoms with E-state index >= 15 is 0 Å². The van der Waals surface area contributed by atoms with Crippen LogP contribution in [-0.2, 0) is 11.8 Å². The monoisotopic (exact) mass is 301 g/mol. The van der Waals surface area contributed by atoms with E-state index in [1.54, 1.807) is 37.6 Å². The number of hydrogen-bond donors (Lipinski definition) is 0. The van der Waals surface area contributed by atoms with Gasteiger partial charge in [0, 0.05) is 13.0 Å². The molecule has 2 rings (SSSR count). The van der Waals surface area contributed by atoms with Crippen molar-refractivity contribution >= 4 is 11.7 Å². The molecule has 0 aliphatic carbocycles. The Morgan fingerprint density at radius 2 is 1.95 bits per heavy atom. The van der Waals surface area contributed by atoms with Crippen LogP contribution in [0, 0.1) is 17.0 Å². The number of benzene rings is 1. The van der Waals surface area contributed by atoms with E-state index in [-0.39, 0.29) is 17.9 Å². The molecule has 1 heterocycles. The lowest BCUT2D eigenvalue weighted by molar-refractivity contribution is -0.669. The van der Waals surface area contributed by atoms with Gasteiger partial charge in [-0.25, -0.2) is 4.79 Å². The molecular formula is C16H17N2O4+. The number of esters is 1. The van der Waals surface area contributed by atoms with Crippen molar-refractivity contribution in [3.8, 4) is 11.3 Å². The summed E-state index contributed by atoms with van der Waals surface area (Å²) in [7, 11) is 1.70. The van der Waals surface area contributed by atoms with Crippen LogP contribution in [0.5, 0.6) is 0 Å². The minimum Gasteiger partial charge on any atom is -0.462 e. The lowest BCUT2D eigenvalue weighted by Gasteiger charge is -2.08. The molecule has 0 atom stereocenters. The molecule has 0 N–H and O–H groups in total. The third-order valence-corrected chi connectivity index (χ3v) is 3.49. The smallest absolute Gasteiger partial charge is 0.344 e. The molecule has 0 fully saturated rings. The molecule has 1 aromatic carbocycles. The van der Waals surface area contributed by atoms with Crippen molar-refractivity contribution in [2.75, 3.05) is 6.61 Å². The molecule has 114 valence electrons. The molecule has 2 aromatic rings. The fourth-order valence-corrected chi connectivity index (χ4v) is 2.32. The minimum atomic E-state index is -0.557. The van der Waals surface area contributed by atoms with E-state index in [4.69, 9.17) is 4.74 Å². The van der Waals surface area contributed by atoms with E-state index in [0.29, 0.717) is 11.4 Å². The maximum Gasteiger partial charge on any atom is 0.344 e. The van der Waals surface area contributed by atoms with Gasteiger partial charge < -0.3 is 4.74 Å². The molecule has 0 aliphatic rings. The van der Waals surface area contributed by atoms with Gasteiger partial charge >= 0.3 is 11.7 Å². The van der Waals surface area contributed by atoms with E-state index < -0.39 is 10.9 Å². The molecule has 0 unspecified atom stereocenters. The van der Waals surface area contributed by atoms with Crippen LogP contribution in [0.15, 0.2) is 36.4 Å². The van der Waals surface area contributed by atoms with Crippen LogP contribution >= 0.6 is 0 Å². The predicted octanol–water partition coefficient (Wildman–Crippen LogP) is 2.57. The second-order valence-electron chi connectivity index (χ2n) is 4.78. The van der Waals surface area contributed by atoms with Crippen molar-refractivity contribution in [1.82, 2.24) is 0 Å². The van der Waals surface area contributed by atoms with Crippen molar-refractivity contribution in [1.29, 1.82) is 0 Å². The third kappa shape index (κ3) is 2.81. The Bertz CT molecular complexity index is 727. The first-order valence-electron chi connectivity index (χ1n) is 6.88. The number of aromatic nitrogens is 1. The van der Waals surface area contributed by atoms with Gasteiger partial charge in [-0.1, -0.05) is 18.2 Å². The molecule has 22 heavy (non-hydrogen) atoms. The highest BCUT2D eigenvalue weighted by atomic mass is 16.6. The first kappa shape index (κ1) is 15.6. The van der Waals surface area contributed by atoms with Gasteiger partial charge in [-0.3, -0.25) is 10.1 Å². The van der Waals surface area contributed by atoms with Crippen LogP contribution in [0.3, 0.4) is 0 Å². The summed E-state index contributed by atoms with van der Waals surface area (Å²) in [5.41, 5.74) is 1.87. The number of rotatable bonds is 4. The van der Waals surface area contributed by atoms with Gasteiger partial charge in [-0.15, -0.1) is 0 Å². The van der Waals surface area contributed by atoms with Gasteiger partial charge in [0.15, 0.2) is 5.69 Å². The average Bonchev–Trinajstić information content (AvgIpc) is 2.50. The molecule has 6 heteroatoms. The van der Waals surface area contributed by atoms with Crippen LogP contribution in [0.1, 0.15) is 23.0 Å². The second kappa shape index (κ2) is 6.34. The van der Waals surface area contributed by atoms with E-state index in [1.165, 1.54) is 6.07 Å². The first-order chi connectivity index (χ1) is 10.5. The van der Waals surface area contributed by atoms with Gasteiger partial charge in [0.1, 0.15) is 12.6 Å². The standard InChI is InChI=1S/C16H17N2O4/c1-4-22-16(19)13-10-14(18(20)21)15(17(3)11(13)2)12-8-6-5-7-9-12/h5-10H,4H2,1-3H3/q+1.